The largest absolute Gasteiger partial charge is 0.479 e. The maximum Gasteiger partial charge on any atom is 0.333 e. The van der Waals surface area contributed by atoms with Crippen LogP contribution >= 0.6 is 0 Å². The molecule has 3 heteroatoms. The highest BCUT2D eigenvalue weighted by Gasteiger charge is 2.55. The molecule has 1 atom stereocenters. The summed E-state index contributed by atoms with van der Waals surface area (Å²) in [5.74, 6) is 2.43. The Bertz CT molecular complexity index is 333. The highest BCUT2D eigenvalue weighted by molar-refractivity contribution is 5.73. The van der Waals surface area contributed by atoms with E-state index in [1.165, 1.54) is 32.1 Å². The third-order valence-electron chi connectivity index (χ3n) is 6.02. The first-order valence-corrected chi connectivity index (χ1v) is 7.30. The molecule has 0 aliphatic heterocycles. The van der Waals surface area contributed by atoms with Gasteiger partial charge in [-0.3, -0.25) is 0 Å². The van der Waals surface area contributed by atoms with Crippen LogP contribution in [0.4, 0.5) is 0 Å². The number of carboxylic acid groups (broad SMARTS) is 1. The smallest absolute Gasteiger partial charge is 0.333 e. The molecule has 102 valence electrons. The molecule has 1 unspecified atom stereocenters. The van der Waals surface area contributed by atoms with E-state index in [2.05, 4.69) is 0 Å². The summed E-state index contributed by atoms with van der Waals surface area (Å²) in [6, 6.07) is 0. The Hall–Kier alpha value is -0.570. The van der Waals surface area contributed by atoms with Crippen LogP contribution in [-0.4, -0.2) is 22.3 Å². The van der Waals surface area contributed by atoms with Gasteiger partial charge in [0, 0.05) is 5.41 Å². The summed E-state index contributed by atoms with van der Waals surface area (Å²) in [5.41, 5.74) is -0.492. The van der Waals surface area contributed by atoms with Gasteiger partial charge in [0.1, 0.15) is 0 Å². The van der Waals surface area contributed by atoms with Crippen molar-refractivity contribution >= 4 is 5.97 Å². The predicted molar refractivity (Wildman–Crippen MR) is 68.0 cm³/mol. The van der Waals surface area contributed by atoms with Gasteiger partial charge < -0.3 is 10.2 Å². The van der Waals surface area contributed by atoms with Gasteiger partial charge in [-0.15, -0.1) is 0 Å². The van der Waals surface area contributed by atoms with Crippen LogP contribution in [0.2, 0.25) is 0 Å². The number of hydrogen-bond donors (Lipinski definition) is 2. The quantitative estimate of drug-likeness (QED) is 0.811. The molecule has 0 aromatic heterocycles. The monoisotopic (exact) mass is 252 g/mol. The molecule has 4 aliphatic rings. The summed E-state index contributed by atoms with van der Waals surface area (Å²) in [4.78, 5) is 11.1. The van der Waals surface area contributed by atoms with Crippen LogP contribution < -0.4 is 0 Å². The van der Waals surface area contributed by atoms with Gasteiger partial charge in [-0.1, -0.05) is 13.8 Å². The van der Waals surface area contributed by atoms with Crippen LogP contribution in [0.15, 0.2) is 0 Å². The average molecular weight is 252 g/mol. The predicted octanol–water partition coefficient (Wildman–Crippen LogP) is 2.53. The van der Waals surface area contributed by atoms with Gasteiger partial charge in [0.05, 0.1) is 0 Å². The molecule has 4 rings (SSSR count). The number of aliphatic hydroxyl groups excluding tert-OH is 1. The van der Waals surface area contributed by atoms with E-state index in [9.17, 15) is 9.90 Å². The van der Waals surface area contributed by atoms with Crippen LogP contribution in [0.25, 0.3) is 0 Å². The first kappa shape index (κ1) is 12.5. The zero-order valence-corrected chi connectivity index (χ0v) is 11.3. The lowest BCUT2D eigenvalue weighted by molar-refractivity contribution is -0.167. The van der Waals surface area contributed by atoms with Crippen molar-refractivity contribution in [3.05, 3.63) is 0 Å². The molecule has 0 aromatic rings. The van der Waals surface area contributed by atoms with Gasteiger partial charge in [0.2, 0.25) is 0 Å². The summed E-state index contributed by atoms with van der Waals surface area (Å²) in [5, 5.41) is 19.2. The molecular weight excluding hydrogens is 228 g/mol. The molecule has 0 aromatic carbocycles. The van der Waals surface area contributed by atoms with E-state index in [-0.39, 0.29) is 0 Å². The lowest BCUT2D eigenvalue weighted by Crippen LogP contribution is -2.54. The fraction of sp³-hybridized carbons (Fsp3) is 0.933. The fourth-order valence-corrected chi connectivity index (χ4v) is 5.64. The van der Waals surface area contributed by atoms with E-state index in [1.54, 1.807) is 0 Å². The normalized spacial score (nSPS) is 44.1. The number of carboxylic acids is 1. The minimum absolute atomic E-state index is 0.399. The highest BCUT2D eigenvalue weighted by atomic mass is 16.4. The Labute approximate surface area is 109 Å². The summed E-state index contributed by atoms with van der Waals surface area (Å²) in [6.07, 6.45) is 5.27. The molecule has 0 amide bonds. The molecule has 4 saturated carbocycles. The summed E-state index contributed by atoms with van der Waals surface area (Å²) < 4.78 is 0. The molecule has 18 heavy (non-hydrogen) atoms. The number of aliphatic carboxylic acids is 1. The van der Waals surface area contributed by atoms with E-state index in [0.717, 1.165) is 11.8 Å². The number of carbonyl (C=O) groups is 1. The Morgan fingerprint density at radius 1 is 1.06 bits per heavy atom. The lowest BCUT2D eigenvalue weighted by Gasteiger charge is -2.59. The van der Waals surface area contributed by atoms with E-state index in [1.807, 2.05) is 13.8 Å². The summed E-state index contributed by atoms with van der Waals surface area (Å²) in [7, 11) is 0. The molecule has 4 bridgehead atoms. The van der Waals surface area contributed by atoms with Crippen molar-refractivity contribution in [1.82, 2.24) is 0 Å². The molecule has 0 radical (unpaired) electrons. The van der Waals surface area contributed by atoms with Gasteiger partial charge in [-0.25, -0.2) is 4.79 Å². The molecule has 4 aliphatic carbocycles. The molecule has 2 N–H and O–H groups in total. The second-order valence-corrected chi connectivity index (χ2v) is 7.52. The highest BCUT2D eigenvalue weighted by Crippen LogP contribution is 2.61. The molecule has 0 heterocycles. The van der Waals surface area contributed by atoms with Crippen molar-refractivity contribution < 1.29 is 15.0 Å². The lowest BCUT2D eigenvalue weighted by atomic mass is 9.46. The van der Waals surface area contributed by atoms with Gasteiger partial charge in [0.25, 0.3) is 0 Å². The van der Waals surface area contributed by atoms with Gasteiger partial charge in [-0.05, 0) is 61.7 Å². The third-order valence-corrected chi connectivity index (χ3v) is 6.02. The van der Waals surface area contributed by atoms with E-state index in [0.29, 0.717) is 17.8 Å². The maximum atomic E-state index is 11.1. The Kier molecular flexibility index (Phi) is 2.74. The number of rotatable bonds is 3. The molecule has 0 saturated heterocycles. The number of hydrogen-bond acceptors (Lipinski definition) is 2. The van der Waals surface area contributed by atoms with Crippen LogP contribution in [-0.2, 0) is 4.79 Å². The van der Waals surface area contributed by atoms with Gasteiger partial charge >= 0.3 is 5.97 Å². The number of aliphatic hydroxyl groups is 1. The Morgan fingerprint density at radius 2 is 1.50 bits per heavy atom. The van der Waals surface area contributed by atoms with E-state index >= 15 is 0 Å². The van der Waals surface area contributed by atoms with Crippen molar-refractivity contribution in [2.45, 2.75) is 52.1 Å². The summed E-state index contributed by atoms with van der Waals surface area (Å²) >= 11 is 0. The maximum absolute atomic E-state index is 11.1. The Morgan fingerprint density at radius 3 is 1.89 bits per heavy atom. The zero-order chi connectivity index (χ0) is 13.1. The topological polar surface area (TPSA) is 57.5 Å². The first-order chi connectivity index (χ1) is 8.39. The minimum Gasteiger partial charge on any atom is -0.479 e. The van der Waals surface area contributed by atoms with Crippen molar-refractivity contribution in [3.63, 3.8) is 0 Å². The SMILES string of the molecule is CC(C)(C(O)C(=O)O)C1C2CC3CC(C2)CC1C3. The Balaban J connectivity index is 1.86. The van der Waals surface area contributed by atoms with Gasteiger partial charge in [0.15, 0.2) is 6.10 Å². The summed E-state index contributed by atoms with van der Waals surface area (Å²) in [6.45, 7) is 3.91. The third kappa shape index (κ3) is 1.70. The second kappa shape index (κ2) is 3.96. The molecular formula is C15H24O3. The average Bonchev–Trinajstić information content (AvgIpc) is 2.25. The van der Waals surface area contributed by atoms with Gasteiger partial charge in [-0.2, -0.15) is 0 Å². The van der Waals surface area contributed by atoms with E-state index in [4.69, 9.17) is 5.11 Å². The van der Waals surface area contributed by atoms with Crippen molar-refractivity contribution in [2.24, 2.45) is 35.0 Å². The fourth-order valence-electron chi connectivity index (χ4n) is 5.64. The molecule has 0 spiro atoms. The van der Waals surface area contributed by atoms with Crippen LogP contribution in [0.3, 0.4) is 0 Å². The van der Waals surface area contributed by atoms with Crippen molar-refractivity contribution in [1.29, 1.82) is 0 Å². The molecule has 3 nitrogen and oxygen atoms in total. The second-order valence-electron chi connectivity index (χ2n) is 7.52. The molecule has 4 fully saturated rings. The van der Waals surface area contributed by atoms with Crippen molar-refractivity contribution in [2.75, 3.05) is 0 Å². The van der Waals surface area contributed by atoms with Crippen LogP contribution in [0.1, 0.15) is 46.0 Å². The first-order valence-electron chi connectivity index (χ1n) is 7.30. The van der Waals surface area contributed by atoms with E-state index < -0.39 is 17.5 Å². The zero-order valence-electron chi connectivity index (χ0n) is 11.3. The van der Waals surface area contributed by atoms with Crippen LogP contribution in [0, 0.1) is 35.0 Å². The van der Waals surface area contributed by atoms with Crippen molar-refractivity contribution in [3.8, 4) is 0 Å². The van der Waals surface area contributed by atoms with Crippen LogP contribution in [0.5, 0.6) is 0 Å². The minimum atomic E-state index is -1.22. The standard InChI is InChI=1S/C15H24O3/c1-15(2,13(16)14(17)18)12-10-4-8-3-9(6-10)7-11(12)5-8/h8-13,16H,3-7H2,1-2H3,(H,17,18).